The molecule has 0 radical (unpaired) electrons. The molecule has 4 aromatic carbocycles. The number of anilines is 2. The standard InChI is InChI=1S/C29H21F4N3O/c1-18-34-25-15-13-22(35-26-14-12-21(16-24(26)30)29(31,32)33)17-23(25)28(37)36(18)27(19-8-4-2-5-9-19)20-10-6-3-7-11-20/h2-17,27,35H,1H3. The van der Waals surface area contributed by atoms with Crippen LogP contribution in [0, 0.1) is 12.7 Å². The van der Waals surface area contributed by atoms with E-state index in [4.69, 9.17) is 0 Å². The van der Waals surface area contributed by atoms with Gasteiger partial charge in [0, 0.05) is 5.69 Å². The number of fused-ring (bicyclic) bond motifs is 1. The number of hydrogen-bond donors (Lipinski definition) is 1. The van der Waals surface area contributed by atoms with Crippen LogP contribution < -0.4 is 10.9 Å². The largest absolute Gasteiger partial charge is 0.416 e. The molecule has 1 N–H and O–H groups in total. The quantitative estimate of drug-likeness (QED) is 0.257. The molecule has 0 saturated carbocycles. The number of aryl methyl sites for hydroxylation is 1. The highest BCUT2D eigenvalue weighted by Gasteiger charge is 2.31. The van der Waals surface area contributed by atoms with Gasteiger partial charge in [0.05, 0.1) is 28.2 Å². The number of rotatable bonds is 5. The van der Waals surface area contributed by atoms with E-state index in [1.165, 1.54) is 6.07 Å². The minimum absolute atomic E-state index is 0.140. The Morgan fingerprint density at radius 1 is 0.838 bits per heavy atom. The second-order valence-corrected chi connectivity index (χ2v) is 8.61. The zero-order valence-electron chi connectivity index (χ0n) is 19.6. The molecule has 5 rings (SSSR count). The molecule has 0 spiro atoms. The predicted octanol–water partition coefficient (Wildman–Crippen LogP) is 7.24. The van der Waals surface area contributed by atoms with Gasteiger partial charge >= 0.3 is 6.18 Å². The smallest absolute Gasteiger partial charge is 0.353 e. The molecule has 0 unspecified atom stereocenters. The molecule has 0 atom stereocenters. The molecule has 5 aromatic rings. The first kappa shape index (κ1) is 24.2. The summed E-state index contributed by atoms with van der Waals surface area (Å²) in [5.74, 6) is -0.535. The maximum Gasteiger partial charge on any atom is 0.416 e. The summed E-state index contributed by atoms with van der Waals surface area (Å²) in [5.41, 5.74) is 1.09. The zero-order chi connectivity index (χ0) is 26.2. The third kappa shape index (κ3) is 4.82. The summed E-state index contributed by atoms with van der Waals surface area (Å²) in [7, 11) is 0. The molecule has 0 saturated heterocycles. The number of halogens is 4. The van der Waals surface area contributed by atoms with E-state index in [-0.39, 0.29) is 11.2 Å². The van der Waals surface area contributed by atoms with E-state index in [1.54, 1.807) is 23.6 Å². The first-order valence-electron chi connectivity index (χ1n) is 11.5. The third-order valence-corrected chi connectivity index (χ3v) is 6.14. The number of nitrogens with one attached hydrogen (secondary N) is 1. The van der Waals surface area contributed by atoms with Gasteiger partial charge in [0.1, 0.15) is 11.6 Å². The fourth-order valence-electron chi connectivity index (χ4n) is 4.40. The van der Waals surface area contributed by atoms with Crippen LogP contribution in [0.25, 0.3) is 10.9 Å². The summed E-state index contributed by atoms with van der Waals surface area (Å²) < 4.78 is 54.7. The van der Waals surface area contributed by atoms with Crippen LogP contribution in [0.1, 0.15) is 28.6 Å². The maximum atomic E-state index is 14.4. The van der Waals surface area contributed by atoms with E-state index in [1.807, 2.05) is 60.7 Å². The second kappa shape index (κ2) is 9.54. The van der Waals surface area contributed by atoms with Crippen molar-refractivity contribution in [2.24, 2.45) is 0 Å². The van der Waals surface area contributed by atoms with Crippen molar-refractivity contribution in [3.05, 3.63) is 136 Å². The average Bonchev–Trinajstić information content (AvgIpc) is 2.88. The summed E-state index contributed by atoms with van der Waals surface area (Å²) in [5, 5.41) is 3.07. The molecule has 186 valence electrons. The molecule has 0 aliphatic heterocycles. The van der Waals surface area contributed by atoms with Crippen molar-refractivity contribution in [3.63, 3.8) is 0 Å². The van der Waals surface area contributed by atoms with Crippen LogP contribution in [0.15, 0.2) is 102 Å². The lowest BCUT2D eigenvalue weighted by Crippen LogP contribution is -2.29. The molecule has 0 bridgehead atoms. The molecular weight excluding hydrogens is 482 g/mol. The van der Waals surface area contributed by atoms with E-state index in [9.17, 15) is 22.4 Å². The fourth-order valence-corrected chi connectivity index (χ4v) is 4.40. The van der Waals surface area contributed by atoms with Crippen molar-refractivity contribution in [1.29, 1.82) is 0 Å². The van der Waals surface area contributed by atoms with Crippen molar-refractivity contribution >= 4 is 22.3 Å². The van der Waals surface area contributed by atoms with Gasteiger partial charge in [-0.05, 0) is 54.4 Å². The predicted molar refractivity (Wildman–Crippen MR) is 136 cm³/mol. The number of aromatic nitrogens is 2. The van der Waals surface area contributed by atoms with Gasteiger partial charge in [-0.15, -0.1) is 0 Å². The Morgan fingerprint density at radius 2 is 1.46 bits per heavy atom. The van der Waals surface area contributed by atoms with E-state index in [0.717, 1.165) is 23.3 Å². The lowest BCUT2D eigenvalue weighted by atomic mass is 9.98. The Kier molecular flexibility index (Phi) is 6.25. The molecule has 4 nitrogen and oxygen atoms in total. The van der Waals surface area contributed by atoms with Crippen molar-refractivity contribution in [1.82, 2.24) is 9.55 Å². The van der Waals surface area contributed by atoms with Crippen LogP contribution in [-0.2, 0) is 6.18 Å². The van der Waals surface area contributed by atoms with Crippen LogP contribution in [-0.4, -0.2) is 9.55 Å². The molecule has 1 aromatic heterocycles. The minimum atomic E-state index is -4.65. The van der Waals surface area contributed by atoms with Crippen molar-refractivity contribution in [3.8, 4) is 0 Å². The monoisotopic (exact) mass is 503 g/mol. The average molecular weight is 503 g/mol. The van der Waals surface area contributed by atoms with Gasteiger partial charge in [-0.2, -0.15) is 13.2 Å². The van der Waals surface area contributed by atoms with Crippen LogP contribution >= 0.6 is 0 Å². The van der Waals surface area contributed by atoms with E-state index < -0.39 is 23.6 Å². The highest BCUT2D eigenvalue weighted by molar-refractivity contribution is 5.83. The molecule has 0 aliphatic rings. The van der Waals surface area contributed by atoms with Gasteiger partial charge in [-0.3, -0.25) is 9.36 Å². The Balaban J connectivity index is 1.61. The van der Waals surface area contributed by atoms with Crippen LogP contribution in [0.4, 0.5) is 28.9 Å². The highest BCUT2D eigenvalue weighted by atomic mass is 19.4. The van der Waals surface area contributed by atoms with E-state index in [2.05, 4.69) is 10.3 Å². The van der Waals surface area contributed by atoms with Gasteiger partial charge in [0.2, 0.25) is 0 Å². The number of benzene rings is 4. The topological polar surface area (TPSA) is 46.9 Å². The summed E-state index contributed by atoms with van der Waals surface area (Å²) >= 11 is 0. The molecule has 1 heterocycles. The van der Waals surface area contributed by atoms with Crippen molar-refractivity contribution in [2.45, 2.75) is 19.1 Å². The van der Waals surface area contributed by atoms with E-state index in [0.29, 0.717) is 28.5 Å². The van der Waals surface area contributed by atoms with Gasteiger partial charge in [0.15, 0.2) is 0 Å². The molecule has 0 amide bonds. The Labute approximate surface area is 209 Å². The molecule has 8 heteroatoms. The van der Waals surface area contributed by atoms with Crippen molar-refractivity contribution < 1.29 is 17.6 Å². The first-order chi connectivity index (χ1) is 17.7. The van der Waals surface area contributed by atoms with Crippen LogP contribution in [0.2, 0.25) is 0 Å². The molecule has 37 heavy (non-hydrogen) atoms. The van der Waals surface area contributed by atoms with Crippen LogP contribution in [0.5, 0.6) is 0 Å². The van der Waals surface area contributed by atoms with E-state index >= 15 is 0 Å². The number of alkyl halides is 3. The van der Waals surface area contributed by atoms with Crippen molar-refractivity contribution in [2.75, 3.05) is 5.32 Å². The highest BCUT2D eigenvalue weighted by Crippen LogP contribution is 2.32. The summed E-state index contributed by atoms with van der Waals surface area (Å²) in [6.45, 7) is 1.77. The second-order valence-electron chi connectivity index (χ2n) is 8.61. The molecule has 0 aliphatic carbocycles. The Bertz CT molecular complexity index is 1590. The lowest BCUT2D eigenvalue weighted by Gasteiger charge is -2.23. The fraction of sp³-hybridized carbons (Fsp3) is 0.103. The summed E-state index contributed by atoms with van der Waals surface area (Å²) in [6, 6.07) is 25.8. The number of hydrogen-bond acceptors (Lipinski definition) is 3. The lowest BCUT2D eigenvalue weighted by molar-refractivity contribution is -0.137. The Hall–Kier alpha value is -4.46. The van der Waals surface area contributed by atoms with Gasteiger partial charge in [0.25, 0.3) is 5.56 Å². The SMILES string of the molecule is Cc1nc2ccc(Nc3ccc(C(F)(F)F)cc3F)cc2c(=O)n1C(c1ccccc1)c1ccccc1. The summed E-state index contributed by atoms with van der Waals surface area (Å²) in [6.07, 6.45) is -4.65. The van der Waals surface area contributed by atoms with Crippen LogP contribution in [0.3, 0.4) is 0 Å². The van der Waals surface area contributed by atoms with Gasteiger partial charge < -0.3 is 5.32 Å². The first-order valence-corrected chi connectivity index (χ1v) is 11.5. The molecular formula is C29H21F4N3O. The minimum Gasteiger partial charge on any atom is -0.353 e. The zero-order valence-corrected chi connectivity index (χ0v) is 19.6. The Morgan fingerprint density at radius 3 is 2.03 bits per heavy atom. The third-order valence-electron chi connectivity index (χ3n) is 6.14. The molecule has 0 fully saturated rings. The normalized spacial score (nSPS) is 11.7. The van der Waals surface area contributed by atoms with Gasteiger partial charge in [-0.25, -0.2) is 9.37 Å². The number of nitrogens with zero attached hydrogens (tertiary/aromatic N) is 2. The van der Waals surface area contributed by atoms with Gasteiger partial charge in [-0.1, -0.05) is 60.7 Å². The summed E-state index contributed by atoms with van der Waals surface area (Å²) in [4.78, 5) is 18.5. The maximum absolute atomic E-state index is 14.4.